The Kier molecular flexibility index (Phi) is 5.06. The van der Waals surface area contributed by atoms with Crippen molar-refractivity contribution >= 4 is 0 Å². The van der Waals surface area contributed by atoms with Crippen LogP contribution in [0, 0.1) is 5.92 Å². The van der Waals surface area contributed by atoms with Crippen LogP contribution >= 0.6 is 0 Å². The Morgan fingerprint density at radius 1 is 1.33 bits per heavy atom. The van der Waals surface area contributed by atoms with E-state index in [0.717, 1.165) is 24.7 Å². The molecule has 1 fully saturated rings. The Morgan fingerprint density at radius 3 is 2.83 bits per heavy atom. The maximum absolute atomic E-state index is 5.85. The van der Waals surface area contributed by atoms with Gasteiger partial charge in [-0.2, -0.15) is 0 Å². The molecule has 1 saturated carbocycles. The summed E-state index contributed by atoms with van der Waals surface area (Å²) in [5, 5.41) is 0. The van der Waals surface area contributed by atoms with E-state index in [0.29, 0.717) is 0 Å². The lowest BCUT2D eigenvalue weighted by Gasteiger charge is -2.12. The first-order chi connectivity index (χ1) is 8.74. The van der Waals surface area contributed by atoms with Crippen molar-refractivity contribution in [2.24, 2.45) is 11.7 Å². The van der Waals surface area contributed by atoms with E-state index in [4.69, 9.17) is 10.5 Å². The molecule has 1 aliphatic rings. The Bertz CT molecular complexity index is 356. The van der Waals surface area contributed by atoms with Gasteiger partial charge in [0.1, 0.15) is 5.75 Å². The van der Waals surface area contributed by atoms with Crippen LogP contribution in [-0.4, -0.2) is 12.6 Å². The van der Waals surface area contributed by atoms with Crippen LogP contribution in [-0.2, 0) is 6.42 Å². The molecule has 1 unspecified atom stereocenters. The summed E-state index contributed by atoms with van der Waals surface area (Å²) in [5.74, 6) is 1.89. The molecule has 100 valence electrons. The van der Waals surface area contributed by atoms with Gasteiger partial charge in [-0.15, -0.1) is 0 Å². The zero-order chi connectivity index (χ0) is 12.8. The zero-order valence-electron chi connectivity index (χ0n) is 11.4. The first kappa shape index (κ1) is 13.4. The number of ether oxygens (including phenoxy) is 1. The van der Waals surface area contributed by atoms with Crippen molar-refractivity contribution in [1.29, 1.82) is 0 Å². The van der Waals surface area contributed by atoms with Crippen LogP contribution in [0.1, 0.15) is 44.6 Å². The van der Waals surface area contributed by atoms with E-state index in [1.165, 1.54) is 37.7 Å². The van der Waals surface area contributed by atoms with Gasteiger partial charge in [-0.1, -0.05) is 37.8 Å². The molecular formula is C16H25NO. The van der Waals surface area contributed by atoms with Crippen LogP contribution in [0.2, 0.25) is 0 Å². The lowest BCUT2D eigenvalue weighted by molar-refractivity contribution is 0.279. The molecule has 0 bridgehead atoms. The minimum atomic E-state index is 0.207. The van der Waals surface area contributed by atoms with E-state index in [9.17, 15) is 0 Å². The summed E-state index contributed by atoms with van der Waals surface area (Å²) < 4.78 is 5.85. The summed E-state index contributed by atoms with van der Waals surface area (Å²) in [7, 11) is 0. The van der Waals surface area contributed by atoms with E-state index in [-0.39, 0.29) is 6.04 Å². The SMILES string of the molecule is CC(N)Cc1cccc(OCCC2CCCC2)c1. The first-order valence-electron chi connectivity index (χ1n) is 7.21. The Labute approximate surface area is 111 Å². The van der Waals surface area contributed by atoms with Crippen molar-refractivity contribution in [1.82, 2.24) is 0 Å². The number of hydrogen-bond acceptors (Lipinski definition) is 2. The van der Waals surface area contributed by atoms with Crippen LogP contribution < -0.4 is 10.5 Å². The third kappa shape index (κ3) is 4.34. The molecule has 0 saturated heterocycles. The summed E-state index contributed by atoms with van der Waals surface area (Å²) in [6.45, 7) is 2.89. The maximum Gasteiger partial charge on any atom is 0.119 e. The molecule has 0 heterocycles. The van der Waals surface area contributed by atoms with Gasteiger partial charge in [0.2, 0.25) is 0 Å². The minimum absolute atomic E-state index is 0.207. The Hall–Kier alpha value is -1.02. The first-order valence-corrected chi connectivity index (χ1v) is 7.21. The van der Waals surface area contributed by atoms with Crippen molar-refractivity contribution < 1.29 is 4.74 Å². The summed E-state index contributed by atoms with van der Waals surface area (Å²) in [5.41, 5.74) is 7.08. The van der Waals surface area contributed by atoms with E-state index in [2.05, 4.69) is 18.2 Å². The van der Waals surface area contributed by atoms with Crippen LogP contribution in [0.3, 0.4) is 0 Å². The van der Waals surface area contributed by atoms with Crippen LogP contribution in [0.5, 0.6) is 5.75 Å². The molecule has 18 heavy (non-hydrogen) atoms. The largest absolute Gasteiger partial charge is 0.494 e. The summed E-state index contributed by atoms with van der Waals surface area (Å²) >= 11 is 0. The van der Waals surface area contributed by atoms with Gasteiger partial charge >= 0.3 is 0 Å². The van der Waals surface area contributed by atoms with Crippen LogP contribution in [0.4, 0.5) is 0 Å². The van der Waals surface area contributed by atoms with Crippen molar-refractivity contribution in [2.45, 2.75) is 51.5 Å². The fourth-order valence-corrected chi connectivity index (χ4v) is 2.78. The molecule has 2 rings (SSSR count). The van der Waals surface area contributed by atoms with Crippen LogP contribution in [0.15, 0.2) is 24.3 Å². The normalized spacial score (nSPS) is 17.9. The molecule has 0 aliphatic heterocycles. The summed E-state index contributed by atoms with van der Waals surface area (Å²) in [6.07, 6.45) is 7.74. The summed E-state index contributed by atoms with van der Waals surface area (Å²) in [4.78, 5) is 0. The highest BCUT2D eigenvalue weighted by atomic mass is 16.5. The second kappa shape index (κ2) is 6.79. The third-order valence-corrected chi connectivity index (χ3v) is 3.73. The predicted octanol–water partition coefficient (Wildman–Crippen LogP) is 3.54. The molecule has 1 aliphatic carbocycles. The van der Waals surface area contributed by atoms with E-state index >= 15 is 0 Å². The number of benzene rings is 1. The molecule has 2 N–H and O–H groups in total. The van der Waals surface area contributed by atoms with Crippen molar-refractivity contribution in [3.63, 3.8) is 0 Å². The fourth-order valence-electron chi connectivity index (χ4n) is 2.78. The number of nitrogens with two attached hydrogens (primary N) is 1. The van der Waals surface area contributed by atoms with Crippen molar-refractivity contribution in [3.8, 4) is 5.75 Å². The highest BCUT2D eigenvalue weighted by molar-refractivity contribution is 5.28. The van der Waals surface area contributed by atoms with Crippen LogP contribution in [0.25, 0.3) is 0 Å². The van der Waals surface area contributed by atoms with Crippen molar-refractivity contribution in [3.05, 3.63) is 29.8 Å². The zero-order valence-corrected chi connectivity index (χ0v) is 11.4. The highest BCUT2D eigenvalue weighted by Gasteiger charge is 2.14. The van der Waals surface area contributed by atoms with Gasteiger partial charge in [0.25, 0.3) is 0 Å². The second-order valence-electron chi connectivity index (χ2n) is 5.62. The Balaban J connectivity index is 1.77. The van der Waals surface area contributed by atoms with Crippen molar-refractivity contribution in [2.75, 3.05) is 6.61 Å². The maximum atomic E-state index is 5.85. The van der Waals surface area contributed by atoms with Gasteiger partial charge in [0.05, 0.1) is 6.61 Å². The summed E-state index contributed by atoms with van der Waals surface area (Å²) in [6, 6.07) is 8.55. The molecule has 2 nitrogen and oxygen atoms in total. The lowest BCUT2D eigenvalue weighted by atomic mass is 10.1. The van der Waals surface area contributed by atoms with Gasteiger partial charge in [-0.3, -0.25) is 0 Å². The number of hydrogen-bond donors (Lipinski definition) is 1. The standard InChI is InChI=1S/C16H25NO/c1-13(17)11-15-7-4-8-16(12-15)18-10-9-14-5-2-3-6-14/h4,7-8,12-14H,2-3,5-6,9-11,17H2,1H3. The van der Waals surface area contributed by atoms with E-state index < -0.39 is 0 Å². The van der Waals surface area contributed by atoms with Gasteiger partial charge < -0.3 is 10.5 Å². The predicted molar refractivity (Wildman–Crippen MR) is 75.9 cm³/mol. The minimum Gasteiger partial charge on any atom is -0.494 e. The molecule has 2 heteroatoms. The van der Waals surface area contributed by atoms with Gasteiger partial charge in [0.15, 0.2) is 0 Å². The highest BCUT2D eigenvalue weighted by Crippen LogP contribution is 2.27. The number of rotatable bonds is 6. The van der Waals surface area contributed by atoms with Gasteiger partial charge in [-0.05, 0) is 43.4 Å². The lowest BCUT2D eigenvalue weighted by Crippen LogP contribution is -2.17. The van der Waals surface area contributed by atoms with E-state index in [1.54, 1.807) is 0 Å². The van der Waals surface area contributed by atoms with E-state index in [1.807, 2.05) is 13.0 Å². The third-order valence-electron chi connectivity index (χ3n) is 3.73. The molecule has 1 atom stereocenters. The van der Waals surface area contributed by atoms with Gasteiger partial charge in [0, 0.05) is 6.04 Å². The quantitative estimate of drug-likeness (QED) is 0.834. The molecule has 0 aromatic heterocycles. The Morgan fingerprint density at radius 2 is 2.11 bits per heavy atom. The monoisotopic (exact) mass is 247 g/mol. The molecule has 0 amide bonds. The molecular weight excluding hydrogens is 222 g/mol. The average Bonchev–Trinajstić information content (AvgIpc) is 2.82. The molecule has 0 radical (unpaired) electrons. The molecule has 1 aromatic rings. The fraction of sp³-hybridized carbons (Fsp3) is 0.625. The average molecular weight is 247 g/mol. The molecule has 0 spiro atoms. The smallest absolute Gasteiger partial charge is 0.119 e. The topological polar surface area (TPSA) is 35.2 Å². The van der Waals surface area contributed by atoms with Gasteiger partial charge in [-0.25, -0.2) is 0 Å². The second-order valence-corrected chi connectivity index (χ2v) is 5.62. The molecule has 1 aromatic carbocycles.